The summed E-state index contributed by atoms with van der Waals surface area (Å²) in [5.74, 6) is -0.123. The van der Waals surface area contributed by atoms with E-state index in [9.17, 15) is 4.79 Å². The number of nitrogens with zero attached hydrogens (tertiary/aromatic N) is 1. The highest BCUT2D eigenvalue weighted by molar-refractivity contribution is 8.20. The van der Waals surface area contributed by atoms with E-state index in [1.165, 1.54) is 0 Å². The summed E-state index contributed by atoms with van der Waals surface area (Å²) in [4.78, 5) is 10.7. The zero-order valence-corrected chi connectivity index (χ0v) is 6.71. The first kappa shape index (κ1) is 7.41. The van der Waals surface area contributed by atoms with E-state index in [1.807, 2.05) is 23.0 Å². The van der Waals surface area contributed by atoms with Gasteiger partial charge in [0.15, 0.2) is 0 Å². The molecule has 1 amide bonds. The number of carbonyl (C=O) groups excluding carboxylic acids is 1. The predicted molar refractivity (Wildman–Crippen MR) is 45.4 cm³/mol. The summed E-state index contributed by atoms with van der Waals surface area (Å²) < 4.78 is 1.65. The Kier molecular flexibility index (Phi) is 2.17. The molecule has 1 rings (SSSR count). The summed E-state index contributed by atoms with van der Waals surface area (Å²) in [6.45, 7) is 3.32. The van der Waals surface area contributed by atoms with Crippen LogP contribution in [0.2, 0.25) is 0 Å². The molecule has 0 atom stereocenters. The Labute approximate surface area is 63.7 Å². The Bertz CT molecular complexity index is 186. The fourth-order valence-corrected chi connectivity index (χ4v) is 1.96. The van der Waals surface area contributed by atoms with Crippen LogP contribution in [-0.2, 0) is 4.79 Å². The molecule has 0 saturated heterocycles. The third-order valence-electron chi connectivity index (χ3n) is 1.30. The average molecular weight is 156 g/mol. The fourth-order valence-electron chi connectivity index (χ4n) is 0.654. The first-order valence-corrected chi connectivity index (χ1v) is 4.38. The lowest BCUT2D eigenvalue weighted by Crippen LogP contribution is -2.18. The van der Waals surface area contributed by atoms with Gasteiger partial charge in [-0.25, -0.2) is 0 Å². The van der Waals surface area contributed by atoms with E-state index >= 15 is 0 Å². The van der Waals surface area contributed by atoms with E-state index in [0.29, 0.717) is 0 Å². The average Bonchev–Trinajstić information content (AvgIpc) is 2.36. The van der Waals surface area contributed by atoms with Crippen LogP contribution in [0.4, 0.5) is 0 Å². The number of hydrogen-bond acceptors (Lipinski definition) is 1. The smallest absolute Gasteiger partial charge is 0.231 e. The van der Waals surface area contributed by atoms with Crippen molar-refractivity contribution in [2.75, 3.05) is 7.05 Å². The maximum absolute atomic E-state index is 10.7. The fraction of sp³-hybridized carbons (Fsp3) is 0.143. The van der Waals surface area contributed by atoms with Gasteiger partial charge in [-0.3, -0.25) is 4.79 Å². The van der Waals surface area contributed by atoms with E-state index in [-0.39, 0.29) is 5.91 Å². The Balaban J connectivity index is 2.57. The van der Waals surface area contributed by atoms with E-state index in [4.69, 9.17) is 0 Å². The van der Waals surface area contributed by atoms with E-state index in [2.05, 4.69) is 6.92 Å². The second-order valence-corrected chi connectivity index (χ2v) is 3.94. The van der Waals surface area contributed by atoms with Gasteiger partial charge in [-0.15, -0.1) is 11.1 Å². The van der Waals surface area contributed by atoms with Gasteiger partial charge in [-0.1, -0.05) is 12.2 Å². The minimum absolute atomic E-state index is 0.123. The van der Waals surface area contributed by atoms with Crippen molar-refractivity contribution in [1.82, 2.24) is 4.31 Å². The molecule has 3 heteroatoms. The van der Waals surface area contributed by atoms with Gasteiger partial charge >= 0.3 is 0 Å². The molecule has 0 spiro atoms. The molecule has 1 radical (unpaired) electrons. The lowest BCUT2D eigenvalue weighted by molar-refractivity contribution is -0.120. The van der Waals surface area contributed by atoms with Crippen LogP contribution in [0, 0.1) is 6.92 Å². The van der Waals surface area contributed by atoms with Gasteiger partial charge in [0.2, 0.25) is 5.91 Å². The third-order valence-corrected chi connectivity index (χ3v) is 3.17. The van der Waals surface area contributed by atoms with Crippen LogP contribution >= 0.6 is 11.1 Å². The van der Waals surface area contributed by atoms with Gasteiger partial charge in [-0.05, 0) is 10.8 Å². The molecular weight excluding hydrogens is 146 g/mol. The molecule has 2 nitrogen and oxygen atoms in total. The zero-order valence-electron chi connectivity index (χ0n) is 5.82. The molecule has 1 aliphatic heterocycles. The Hall–Kier alpha value is -0.700. The van der Waals surface area contributed by atoms with Gasteiger partial charge in [0.1, 0.15) is 0 Å². The highest BCUT2D eigenvalue weighted by Gasteiger charge is 2.08. The van der Waals surface area contributed by atoms with Crippen molar-refractivity contribution in [2.24, 2.45) is 0 Å². The maximum atomic E-state index is 10.7. The molecule has 1 heterocycles. The summed E-state index contributed by atoms with van der Waals surface area (Å²) in [5, 5.41) is 4.02. The maximum Gasteiger partial charge on any atom is 0.231 e. The van der Waals surface area contributed by atoms with Crippen molar-refractivity contribution < 1.29 is 4.79 Å². The highest BCUT2D eigenvalue weighted by atomic mass is 32.2. The standard InChI is InChI=1S/C7H10NOS/c1-7(9)8(2)10-5-3-4-6-10/h3-6,10H,1H2,2H3. The normalized spacial score (nSPS) is 18.0. The van der Waals surface area contributed by atoms with Crippen molar-refractivity contribution in [3.8, 4) is 0 Å². The van der Waals surface area contributed by atoms with Crippen LogP contribution in [0.25, 0.3) is 0 Å². The molecular formula is C7H10NOS. The minimum Gasteiger partial charge on any atom is -0.303 e. The predicted octanol–water partition coefficient (Wildman–Crippen LogP) is 1.24. The summed E-state index contributed by atoms with van der Waals surface area (Å²) in [7, 11) is 1.76. The van der Waals surface area contributed by atoms with Gasteiger partial charge in [0.05, 0.1) is 0 Å². The SMILES string of the molecule is [CH2]C(=O)N(C)[SH]1C=CC=C1. The lowest BCUT2D eigenvalue weighted by Gasteiger charge is -2.22. The van der Waals surface area contributed by atoms with Crippen LogP contribution < -0.4 is 0 Å². The van der Waals surface area contributed by atoms with Crippen molar-refractivity contribution in [2.45, 2.75) is 0 Å². The Morgan fingerprint density at radius 2 is 2.00 bits per heavy atom. The van der Waals surface area contributed by atoms with Gasteiger partial charge in [0, 0.05) is 14.0 Å². The van der Waals surface area contributed by atoms with Crippen molar-refractivity contribution in [1.29, 1.82) is 0 Å². The first-order chi connectivity index (χ1) is 4.72. The lowest BCUT2D eigenvalue weighted by atomic mass is 10.6. The van der Waals surface area contributed by atoms with Crippen molar-refractivity contribution in [3.05, 3.63) is 29.9 Å². The number of amides is 1. The van der Waals surface area contributed by atoms with Crippen LogP contribution in [0.3, 0.4) is 0 Å². The zero-order chi connectivity index (χ0) is 7.56. The van der Waals surface area contributed by atoms with Crippen LogP contribution in [0.1, 0.15) is 0 Å². The quantitative estimate of drug-likeness (QED) is 0.566. The van der Waals surface area contributed by atoms with Gasteiger partial charge in [-0.2, -0.15) is 0 Å². The molecule has 55 valence electrons. The molecule has 0 saturated carbocycles. The first-order valence-electron chi connectivity index (χ1n) is 2.94. The minimum atomic E-state index is -0.486. The second kappa shape index (κ2) is 2.92. The topological polar surface area (TPSA) is 20.3 Å². The molecule has 0 N–H and O–H groups in total. The molecule has 0 bridgehead atoms. The largest absolute Gasteiger partial charge is 0.303 e. The van der Waals surface area contributed by atoms with Crippen molar-refractivity contribution >= 4 is 17.0 Å². The molecule has 10 heavy (non-hydrogen) atoms. The van der Waals surface area contributed by atoms with E-state index in [1.54, 1.807) is 11.4 Å². The molecule has 0 aromatic rings. The molecule has 0 aromatic heterocycles. The Morgan fingerprint density at radius 3 is 2.40 bits per heavy atom. The van der Waals surface area contributed by atoms with E-state index < -0.39 is 11.1 Å². The number of allylic oxidation sites excluding steroid dienone is 2. The number of carbonyl (C=O) groups is 1. The summed E-state index contributed by atoms with van der Waals surface area (Å²) >= 11 is -0.486. The number of hydrogen-bond donors (Lipinski definition) is 1. The molecule has 0 fully saturated rings. The summed E-state index contributed by atoms with van der Waals surface area (Å²) in [6, 6.07) is 0. The van der Waals surface area contributed by atoms with E-state index in [0.717, 1.165) is 0 Å². The molecule has 0 aliphatic carbocycles. The Morgan fingerprint density at radius 1 is 1.50 bits per heavy atom. The molecule has 0 aromatic carbocycles. The van der Waals surface area contributed by atoms with Crippen LogP contribution in [-0.4, -0.2) is 17.3 Å². The van der Waals surface area contributed by atoms with Gasteiger partial charge in [0.25, 0.3) is 0 Å². The monoisotopic (exact) mass is 156 g/mol. The van der Waals surface area contributed by atoms with Crippen LogP contribution in [0.15, 0.2) is 23.0 Å². The second-order valence-electron chi connectivity index (χ2n) is 1.98. The van der Waals surface area contributed by atoms with Crippen LogP contribution in [0.5, 0.6) is 0 Å². The summed E-state index contributed by atoms with van der Waals surface area (Å²) in [6.07, 6.45) is 3.90. The highest BCUT2D eigenvalue weighted by Crippen LogP contribution is 2.35. The molecule has 1 aliphatic rings. The van der Waals surface area contributed by atoms with Crippen molar-refractivity contribution in [3.63, 3.8) is 0 Å². The summed E-state index contributed by atoms with van der Waals surface area (Å²) in [5.41, 5.74) is 0. The molecule has 0 unspecified atom stereocenters. The van der Waals surface area contributed by atoms with Gasteiger partial charge < -0.3 is 4.31 Å². The number of rotatable bonds is 1. The third kappa shape index (κ3) is 1.42. The number of thiol groups is 1.